The quantitative estimate of drug-likeness (QED) is 0.382. The molecule has 0 aliphatic heterocycles. The molecule has 3 aromatic carbocycles. The number of rotatable bonds is 7. The molecule has 3 aromatic rings. The Hall–Kier alpha value is -3.15. The molecule has 0 spiro atoms. The molecule has 1 amide bonds. The second-order valence-corrected chi connectivity index (χ2v) is 8.87. The van der Waals surface area contributed by atoms with E-state index >= 15 is 0 Å². The van der Waals surface area contributed by atoms with E-state index in [2.05, 4.69) is 5.32 Å². The van der Waals surface area contributed by atoms with E-state index < -0.39 is 11.4 Å². The summed E-state index contributed by atoms with van der Waals surface area (Å²) >= 11 is 12.0. The first kappa shape index (κ1) is 23.5. The summed E-state index contributed by atoms with van der Waals surface area (Å²) in [6.07, 6.45) is -0.0757. The molecule has 0 fully saturated rings. The van der Waals surface area contributed by atoms with E-state index in [1.54, 1.807) is 36.4 Å². The fourth-order valence-electron chi connectivity index (χ4n) is 3.05. The molecule has 0 aliphatic carbocycles. The Morgan fingerprint density at radius 3 is 1.97 bits per heavy atom. The van der Waals surface area contributed by atoms with Crippen LogP contribution in [0.3, 0.4) is 0 Å². The summed E-state index contributed by atoms with van der Waals surface area (Å²) in [4.78, 5) is 36.1. The van der Waals surface area contributed by atoms with Gasteiger partial charge in [-0.15, -0.1) is 0 Å². The zero-order valence-corrected chi connectivity index (χ0v) is 19.0. The van der Waals surface area contributed by atoms with Crippen LogP contribution in [0, 0.1) is 5.41 Å². The van der Waals surface area contributed by atoms with Crippen molar-refractivity contribution in [3.05, 3.63) is 87.9 Å². The second-order valence-electron chi connectivity index (χ2n) is 8.02. The lowest BCUT2D eigenvalue weighted by Crippen LogP contribution is -2.26. The molecule has 0 aliphatic rings. The number of hydrogen-bond donors (Lipinski definition) is 2. The van der Waals surface area contributed by atoms with Gasteiger partial charge in [-0.2, -0.15) is 0 Å². The van der Waals surface area contributed by atoms with E-state index in [9.17, 15) is 19.5 Å². The minimum absolute atomic E-state index is 0.0757. The molecular weight excluding hydrogens is 449 g/mol. The third-order valence-corrected chi connectivity index (χ3v) is 5.59. The number of carbonyl (C=O) groups excluding carboxylic acids is 2. The first-order valence-electron chi connectivity index (χ1n) is 9.80. The second kappa shape index (κ2) is 9.55. The topological polar surface area (TPSA) is 83.5 Å². The minimum Gasteiger partial charge on any atom is -0.481 e. The van der Waals surface area contributed by atoms with Crippen LogP contribution in [-0.2, 0) is 4.79 Å². The Kier molecular flexibility index (Phi) is 7.02. The van der Waals surface area contributed by atoms with Gasteiger partial charge in [0.2, 0.25) is 0 Å². The van der Waals surface area contributed by atoms with Crippen molar-refractivity contribution >= 4 is 46.5 Å². The number of Topliss-reactive ketones (excluding diaryl/α,β-unsaturated/α-hetero) is 1. The zero-order chi connectivity index (χ0) is 23.5. The maximum absolute atomic E-state index is 12.4. The van der Waals surface area contributed by atoms with Gasteiger partial charge in [-0.1, -0.05) is 59.6 Å². The molecule has 32 heavy (non-hydrogen) atoms. The van der Waals surface area contributed by atoms with Gasteiger partial charge < -0.3 is 10.4 Å². The molecule has 2 N–H and O–H groups in total. The Balaban J connectivity index is 1.69. The number of halogens is 2. The minimum atomic E-state index is -1.12. The van der Waals surface area contributed by atoms with Crippen LogP contribution >= 0.6 is 23.2 Å². The molecule has 0 aromatic heterocycles. The van der Waals surface area contributed by atoms with Crippen LogP contribution < -0.4 is 5.32 Å². The molecule has 7 heteroatoms. The normalized spacial score (nSPS) is 11.1. The lowest BCUT2D eigenvalue weighted by atomic mass is 9.85. The number of aliphatic carboxylic acids is 1. The van der Waals surface area contributed by atoms with Gasteiger partial charge in [-0.25, -0.2) is 0 Å². The molecule has 0 bridgehead atoms. The third kappa shape index (κ3) is 5.55. The van der Waals surface area contributed by atoms with Crippen molar-refractivity contribution < 1.29 is 19.5 Å². The number of hydrogen-bond acceptors (Lipinski definition) is 3. The van der Waals surface area contributed by atoms with Gasteiger partial charge in [0.15, 0.2) is 5.78 Å². The summed E-state index contributed by atoms with van der Waals surface area (Å²) in [5.74, 6) is -1.57. The monoisotopic (exact) mass is 469 g/mol. The first-order valence-corrected chi connectivity index (χ1v) is 10.6. The van der Waals surface area contributed by atoms with E-state index in [0.29, 0.717) is 21.8 Å². The molecule has 0 atom stereocenters. The molecule has 0 saturated heterocycles. The third-order valence-electron chi connectivity index (χ3n) is 5.04. The number of benzene rings is 3. The number of anilines is 1. The maximum atomic E-state index is 12.4. The molecule has 5 nitrogen and oxygen atoms in total. The highest BCUT2D eigenvalue weighted by Crippen LogP contribution is 2.26. The van der Waals surface area contributed by atoms with Crippen LogP contribution in [0.1, 0.15) is 41.0 Å². The predicted molar refractivity (Wildman–Crippen MR) is 127 cm³/mol. The van der Waals surface area contributed by atoms with Crippen LogP contribution in [0.15, 0.2) is 66.7 Å². The first-order chi connectivity index (χ1) is 15.1. The molecule has 0 unspecified atom stereocenters. The van der Waals surface area contributed by atoms with Crippen molar-refractivity contribution in [1.82, 2.24) is 0 Å². The summed E-state index contributed by atoms with van der Waals surface area (Å²) in [6.45, 7) is 3.06. The van der Waals surface area contributed by atoms with Crippen molar-refractivity contribution in [3.63, 3.8) is 0 Å². The van der Waals surface area contributed by atoms with Gasteiger partial charge in [0.25, 0.3) is 5.91 Å². The van der Waals surface area contributed by atoms with Gasteiger partial charge in [0.05, 0.1) is 16.0 Å². The number of carbonyl (C=O) groups is 3. The summed E-state index contributed by atoms with van der Waals surface area (Å²) < 4.78 is 0. The lowest BCUT2D eigenvalue weighted by molar-refractivity contribution is -0.146. The van der Waals surface area contributed by atoms with Crippen LogP contribution in [-0.4, -0.2) is 22.8 Å². The average Bonchev–Trinajstić information content (AvgIpc) is 2.74. The zero-order valence-electron chi connectivity index (χ0n) is 17.5. The van der Waals surface area contributed by atoms with E-state index in [4.69, 9.17) is 23.2 Å². The lowest BCUT2D eigenvalue weighted by Gasteiger charge is -2.17. The van der Waals surface area contributed by atoms with Crippen molar-refractivity contribution in [2.24, 2.45) is 5.41 Å². The Morgan fingerprint density at radius 2 is 1.44 bits per heavy atom. The average molecular weight is 470 g/mol. The highest BCUT2D eigenvalue weighted by Gasteiger charge is 2.30. The van der Waals surface area contributed by atoms with E-state index in [-0.39, 0.29) is 23.1 Å². The van der Waals surface area contributed by atoms with Gasteiger partial charge in [-0.05, 0) is 55.3 Å². The van der Waals surface area contributed by atoms with E-state index in [1.165, 1.54) is 19.9 Å². The van der Waals surface area contributed by atoms with Crippen LogP contribution in [0.25, 0.3) is 11.1 Å². The van der Waals surface area contributed by atoms with Gasteiger partial charge in [0, 0.05) is 22.7 Å². The number of carboxylic acids is 1. The SMILES string of the molecule is CC(C)(CC(=O)c1ccc(-c2ccc(NC(=O)c3ccc(Cl)cc3Cl)cc2)cc1)C(=O)O. The number of nitrogens with one attached hydrogen (secondary N) is 1. The number of carboxylic acid groups (broad SMARTS) is 1. The highest BCUT2D eigenvalue weighted by molar-refractivity contribution is 6.37. The maximum Gasteiger partial charge on any atom is 0.309 e. The molecule has 0 saturated carbocycles. The number of ketones is 1. The standard InChI is InChI=1S/C25H21Cl2NO4/c1-25(2,24(31)32)14-22(29)17-5-3-15(4-6-17)16-7-10-19(11-8-16)28-23(30)20-12-9-18(26)13-21(20)27/h3-13H,14H2,1-2H3,(H,28,30)(H,31,32). The fourth-order valence-corrected chi connectivity index (χ4v) is 3.54. The predicted octanol–water partition coefficient (Wildman–Crippen LogP) is 6.60. The fraction of sp³-hybridized carbons (Fsp3) is 0.160. The largest absolute Gasteiger partial charge is 0.481 e. The summed E-state index contributed by atoms with van der Waals surface area (Å²) in [6, 6.07) is 18.9. The molecule has 3 rings (SSSR count). The Morgan fingerprint density at radius 1 is 0.875 bits per heavy atom. The van der Waals surface area contributed by atoms with Gasteiger partial charge >= 0.3 is 5.97 Å². The molecule has 0 heterocycles. The highest BCUT2D eigenvalue weighted by atomic mass is 35.5. The van der Waals surface area contributed by atoms with E-state index in [0.717, 1.165) is 11.1 Å². The summed E-state index contributed by atoms with van der Waals surface area (Å²) in [5, 5.41) is 12.7. The smallest absolute Gasteiger partial charge is 0.309 e. The molecular formula is C25H21Cl2NO4. The summed E-state index contributed by atoms with van der Waals surface area (Å²) in [5.41, 5.74) is 2.06. The van der Waals surface area contributed by atoms with Crippen LogP contribution in [0.2, 0.25) is 10.0 Å². The van der Waals surface area contributed by atoms with E-state index in [1.807, 2.05) is 24.3 Å². The Labute approximate surface area is 196 Å². The number of amides is 1. The summed E-state index contributed by atoms with van der Waals surface area (Å²) in [7, 11) is 0. The van der Waals surface area contributed by atoms with Gasteiger partial charge in [-0.3, -0.25) is 14.4 Å². The molecule has 0 radical (unpaired) electrons. The van der Waals surface area contributed by atoms with Crippen molar-refractivity contribution in [2.75, 3.05) is 5.32 Å². The van der Waals surface area contributed by atoms with Crippen molar-refractivity contribution in [1.29, 1.82) is 0 Å². The van der Waals surface area contributed by atoms with Crippen LogP contribution in [0.4, 0.5) is 5.69 Å². The van der Waals surface area contributed by atoms with Crippen LogP contribution in [0.5, 0.6) is 0 Å². The van der Waals surface area contributed by atoms with Crippen molar-refractivity contribution in [3.8, 4) is 11.1 Å². The Bertz CT molecular complexity index is 1170. The van der Waals surface area contributed by atoms with Crippen molar-refractivity contribution in [2.45, 2.75) is 20.3 Å². The van der Waals surface area contributed by atoms with Gasteiger partial charge in [0.1, 0.15) is 0 Å². The molecule has 164 valence electrons.